The highest BCUT2D eigenvalue weighted by Gasteiger charge is 2.17. The lowest BCUT2D eigenvalue weighted by Crippen LogP contribution is -2.10. The summed E-state index contributed by atoms with van der Waals surface area (Å²) in [7, 11) is 0. The monoisotopic (exact) mass is 638 g/mol. The van der Waals surface area contributed by atoms with Gasteiger partial charge in [-0.1, -0.05) is 109 Å². The molecule has 0 fully saturated rings. The van der Waals surface area contributed by atoms with E-state index in [2.05, 4.69) is 174 Å². The molecule has 3 heteroatoms. The van der Waals surface area contributed by atoms with Gasteiger partial charge in [0, 0.05) is 34.0 Å². The van der Waals surface area contributed by atoms with Gasteiger partial charge in [-0.2, -0.15) is 0 Å². The first-order chi connectivity index (χ1) is 24.8. The molecular weight excluding hydrogens is 609 g/mol. The first-order valence-corrected chi connectivity index (χ1v) is 17.0. The molecular formula is C47H30N2O. The van der Waals surface area contributed by atoms with Gasteiger partial charge >= 0.3 is 0 Å². The van der Waals surface area contributed by atoms with E-state index in [4.69, 9.17) is 4.42 Å². The van der Waals surface area contributed by atoms with Crippen molar-refractivity contribution in [2.45, 2.75) is 0 Å². The molecule has 2 aromatic heterocycles. The molecule has 0 radical (unpaired) electrons. The highest BCUT2D eigenvalue weighted by molar-refractivity contribution is 6.15. The van der Waals surface area contributed by atoms with E-state index in [1.54, 1.807) is 0 Å². The van der Waals surface area contributed by atoms with Crippen LogP contribution in [0.3, 0.4) is 0 Å². The Morgan fingerprint density at radius 3 is 1.98 bits per heavy atom. The van der Waals surface area contributed by atoms with Crippen molar-refractivity contribution >= 4 is 71.4 Å². The number of pyridine rings is 1. The molecule has 0 aliphatic carbocycles. The van der Waals surface area contributed by atoms with Crippen LogP contribution in [0, 0.1) is 0 Å². The van der Waals surface area contributed by atoms with Crippen molar-refractivity contribution in [3.63, 3.8) is 0 Å². The van der Waals surface area contributed by atoms with Crippen molar-refractivity contribution in [1.29, 1.82) is 0 Å². The van der Waals surface area contributed by atoms with Gasteiger partial charge in [0.05, 0.1) is 0 Å². The van der Waals surface area contributed by atoms with E-state index in [1.807, 2.05) is 18.3 Å². The second-order valence-electron chi connectivity index (χ2n) is 12.8. The van der Waals surface area contributed by atoms with Crippen LogP contribution in [-0.4, -0.2) is 4.98 Å². The van der Waals surface area contributed by atoms with Gasteiger partial charge in [-0.15, -0.1) is 0 Å². The molecule has 0 amide bonds. The average molecular weight is 639 g/mol. The van der Waals surface area contributed by atoms with Crippen LogP contribution in [0.4, 0.5) is 17.1 Å². The van der Waals surface area contributed by atoms with Gasteiger partial charge in [0.25, 0.3) is 0 Å². The number of nitrogens with zero attached hydrogens (tertiary/aromatic N) is 2. The summed E-state index contributed by atoms with van der Waals surface area (Å²) in [4.78, 5) is 6.94. The van der Waals surface area contributed by atoms with Crippen molar-refractivity contribution in [3.05, 3.63) is 182 Å². The SMILES string of the molecule is c1ccc(-c2cccc(N(c3ccc(-c4cc5ccccc5c5ccccc45)cc3)c3ccc4c(ccc5c6ncccc6oc45)c3)c2)cc1. The van der Waals surface area contributed by atoms with Gasteiger partial charge in [-0.3, -0.25) is 4.98 Å². The van der Waals surface area contributed by atoms with Gasteiger partial charge in [0.15, 0.2) is 5.58 Å². The normalized spacial score (nSPS) is 11.6. The Morgan fingerprint density at radius 1 is 0.400 bits per heavy atom. The van der Waals surface area contributed by atoms with Crippen LogP contribution in [-0.2, 0) is 0 Å². The number of anilines is 3. The lowest BCUT2D eigenvalue weighted by Gasteiger charge is -2.26. The second-order valence-corrected chi connectivity index (χ2v) is 12.8. The molecule has 0 atom stereocenters. The van der Waals surface area contributed by atoms with E-state index in [9.17, 15) is 0 Å². The number of hydrogen-bond donors (Lipinski definition) is 0. The largest absolute Gasteiger partial charge is 0.454 e. The number of furan rings is 1. The molecule has 0 spiro atoms. The van der Waals surface area contributed by atoms with Crippen LogP contribution in [0.15, 0.2) is 187 Å². The van der Waals surface area contributed by atoms with Gasteiger partial charge in [-0.25, -0.2) is 0 Å². The number of rotatable bonds is 5. The van der Waals surface area contributed by atoms with Crippen LogP contribution in [0.25, 0.3) is 76.6 Å². The third-order valence-corrected chi connectivity index (χ3v) is 9.87. The Morgan fingerprint density at radius 2 is 1.10 bits per heavy atom. The molecule has 234 valence electrons. The molecule has 0 saturated carbocycles. The van der Waals surface area contributed by atoms with E-state index in [-0.39, 0.29) is 0 Å². The maximum Gasteiger partial charge on any atom is 0.153 e. The quantitative estimate of drug-likeness (QED) is 0.176. The Bertz CT molecular complexity index is 2870. The Labute approximate surface area is 289 Å². The third-order valence-electron chi connectivity index (χ3n) is 9.87. The summed E-state index contributed by atoms with van der Waals surface area (Å²) in [6.07, 6.45) is 1.82. The number of fused-ring (bicyclic) bond motifs is 8. The van der Waals surface area contributed by atoms with E-state index in [0.717, 1.165) is 49.9 Å². The van der Waals surface area contributed by atoms with Crippen LogP contribution < -0.4 is 4.90 Å². The summed E-state index contributed by atoms with van der Waals surface area (Å²) in [5.74, 6) is 0. The molecule has 50 heavy (non-hydrogen) atoms. The molecule has 0 aliphatic heterocycles. The predicted octanol–water partition coefficient (Wildman–Crippen LogP) is 13.2. The van der Waals surface area contributed by atoms with Crippen LogP contribution in [0.2, 0.25) is 0 Å². The molecule has 2 heterocycles. The summed E-state index contributed by atoms with van der Waals surface area (Å²) < 4.78 is 6.34. The number of aromatic nitrogens is 1. The summed E-state index contributed by atoms with van der Waals surface area (Å²) in [5.41, 5.74) is 10.6. The molecule has 0 N–H and O–H groups in total. The summed E-state index contributed by atoms with van der Waals surface area (Å²) in [6, 6.07) is 62.9. The number of hydrogen-bond acceptors (Lipinski definition) is 3. The highest BCUT2D eigenvalue weighted by Crippen LogP contribution is 2.42. The summed E-state index contributed by atoms with van der Waals surface area (Å²) in [6.45, 7) is 0. The molecule has 3 nitrogen and oxygen atoms in total. The molecule has 0 bridgehead atoms. The van der Waals surface area contributed by atoms with E-state index < -0.39 is 0 Å². The maximum atomic E-state index is 6.34. The minimum Gasteiger partial charge on any atom is -0.454 e. The lowest BCUT2D eigenvalue weighted by atomic mass is 9.93. The lowest BCUT2D eigenvalue weighted by molar-refractivity contribution is 0.672. The summed E-state index contributed by atoms with van der Waals surface area (Å²) >= 11 is 0. The minimum atomic E-state index is 0.803. The summed E-state index contributed by atoms with van der Waals surface area (Å²) in [5, 5.41) is 8.27. The minimum absolute atomic E-state index is 0.803. The Kier molecular flexibility index (Phi) is 6.49. The van der Waals surface area contributed by atoms with Crippen LogP contribution >= 0.6 is 0 Å². The molecule has 0 saturated heterocycles. The van der Waals surface area contributed by atoms with Crippen molar-refractivity contribution in [2.24, 2.45) is 0 Å². The zero-order chi connectivity index (χ0) is 33.0. The van der Waals surface area contributed by atoms with E-state index >= 15 is 0 Å². The fourth-order valence-corrected chi connectivity index (χ4v) is 7.49. The molecule has 10 rings (SSSR count). The fraction of sp³-hybridized carbons (Fsp3) is 0. The van der Waals surface area contributed by atoms with Crippen molar-refractivity contribution in [1.82, 2.24) is 4.98 Å². The molecule has 8 aromatic carbocycles. The van der Waals surface area contributed by atoms with Crippen molar-refractivity contribution in [2.75, 3.05) is 4.90 Å². The maximum absolute atomic E-state index is 6.34. The van der Waals surface area contributed by atoms with Gasteiger partial charge in [-0.05, 0) is 116 Å². The molecule has 10 aromatic rings. The van der Waals surface area contributed by atoms with Crippen LogP contribution in [0.5, 0.6) is 0 Å². The molecule has 0 unspecified atom stereocenters. The first-order valence-electron chi connectivity index (χ1n) is 17.0. The fourth-order valence-electron chi connectivity index (χ4n) is 7.49. The van der Waals surface area contributed by atoms with Gasteiger partial charge in [0.2, 0.25) is 0 Å². The van der Waals surface area contributed by atoms with Gasteiger partial charge in [0.1, 0.15) is 11.1 Å². The second kappa shape index (κ2) is 11.5. The van der Waals surface area contributed by atoms with E-state index in [1.165, 1.54) is 43.8 Å². The van der Waals surface area contributed by atoms with E-state index in [0.29, 0.717) is 0 Å². The Hall–Kier alpha value is -6.71. The highest BCUT2D eigenvalue weighted by atomic mass is 16.3. The van der Waals surface area contributed by atoms with Crippen molar-refractivity contribution < 1.29 is 4.42 Å². The third kappa shape index (κ3) is 4.63. The zero-order valence-electron chi connectivity index (χ0n) is 27.1. The predicted molar refractivity (Wildman–Crippen MR) is 210 cm³/mol. The smallest absolute Gasteiger partial charge is 0.153 e. The standard InChI is InChI=1S/C47H30N2O/c1-2-10-31(11-3-1)33-13-8-14-37(28-33)49(38-24-26-40-35(29-38)21-25-43-46-45(50-47(40)43)18-9-27-48-46)36-22-19-32(20-23-36)44-30-34-12-4-5-15-39(34)41-16-6-7-17-42(41)44/h1-30H. The first kappa shape index (κ1) is 28.3. The average Bonchev–Trinajstić information content (AvgIpc) is 3.58. The van der Waals surface area contributed by atoms with Gasteiger partial charge < -0.3 is 9.32 Å². The number of benzene rings is 8. The Balaban J connectivity index is 1.13. The molecule has 0 aliphatic rings. The van der Waals surface area contributed by atoms with Crippen molar-refractivity contribution in [3.8, 4) is 22.3 Å². The topological polar surface area (TPSA) is 29.3 Å². The van der Waals surface area contributed by atoms with Crippen LogP contribution in [0.1, 0.15) is 0 Å². The zero-order valence-corrected chi connectivity index (χ0v) is 27.1.